The van der Waals surface area contributed by atoms with E-state index in [1.807, 2.05) is 25.3 Å². The van der Waals surface area contributed by atoms with Crippen LogP contribution in [0, 0.1) is 0 Å². The van der Waals surface area contributed by atoms with Gasteiger partial charge in [0.05, 0.1) is 0 Å². The number of hydrogen-bond acceptors (Lipinski definition) is 3. The zero-order valence-electron chi connectivity index (χ0n) is 8.72. The number of piperidine rings is 1. The van der Waals surface area contributed by atoms with E-state index in [1.165, 1.54) is 0 Å². The Hall–Kier alpha value is 0.200. The minimum atomic E-state index is -0.995. The van der Waals surface area contributed by atoms with Gasteiger partial charge in [-0.1, -0.05) is 11.9 Å². The van der Waals surface area contributed by atoms with Gasteiger partial charge in [-0.2, -0.15) is 0 Å². The molecule has 0 unspecified atom stereocenters. The van der Waals surface area contributed by atoms with Crippen molar-refractivity contribution in [3.05, 3.63) is 0 Å². The number of alkyl halides is 1. The zero-order valence-corrected chi connectivity index (χ0v) is 9.53. The van der Waals surface area contributed by atoms with Crippen LogP contribution in [0.2, 0.25) is 0 Å². The normalized spacial score (nSPS) is 31.2. The first-order valence-electron chi connectivity index (χ1n) is 4.68. The lowest BCUT2D eigenvalue weighted by molar-refractivity contribution is 0.0597. The topological polar surface area (TPSA) is 6.48 Å². The Morgan fingerprint density at radius 1 is 1.54 bits per heavy atom. The van der Waals surface area contributed by atoms with E-state index in [9.17, 15) is 4.39 Å². The Bertz CT molecular complexity index is 166. The smallest absolute Gasteiger partial charge is 0.137 e. The van der Waals surface area contributed by atoms with Gasteiger partial charge >= 0.3 is 0 Å². The Kier molecular flexibility index (Phi) is 4.01. The second-order valence-corrected chi connectivity index (χ2v) is 4.92. The molecular formula is C9H19FN2S. The molecule has 0 aromatic rings. The molecule has 2 nitrogen and oxygen atoms in total. The van der Waals surface area contributed by atoms with Crippen molar-refractivity contribution >= 4 is 11.9 Å². The molecule has 1 aliphatic heterocycles. The molecule has 78 valence electrons. The van der Waals surface area contributed by atoms with Crippen LogP contribution in [0.1, 0.15) is 12.8 Å². The maximum absolute atomic E-state index is 14.2. The van der Waals surface area contributed by atoms with E-state index >= 15 is 0 Å². The van der Waals surface area contributed by atoms with E-state index in [0.29, 0.717) is 19.5 Å². The second kappa shape index (κ2) is 4.62. The monoisotopic (exact) mass is 206 g/mol. The zero-order chi connectivity index (χ0) is 9.90. The van der Waals surface area contributed by atoms with Gasteiger partial charge in [0.25, 0.3) is 0 Å². The predicted molar refractivity (Wildman–Crippen MR) is 56.7 cm³/mol. The molecule has 0 bridgehead atoms. The van der Waals surface area contributed by atoms with E-state index in [0.717, 1.165) is 13.0 Å². The van der Waals surface area contributed by atoms with Crippen molar-refractivity contribution in [3.63, 3.8) is 0 Å². The van der Waals surface area contributed by atoms with Crippen LogP contribution >= 0.6 is 11.9 Å². The molecule has 1 aliphatic rings. The van der Waals surface area contributed by atoms with Gasteiger partial charge in [0.15, 0.2) is 0 Å². The standard InChI is InChI=1S/C9H19FN2S/c1-11(2)7-9(10)5-4-6-12(8-9)13-3/h4-8H2,1-3H3/t9-/m0/s1. The minimum Gasteiger partial charge on any atom is -0.306 e. The molecule has 1 heterocycles. The average Bonchev–Trinajstić information content (AvgIpc) is 2.02. The first-order valence-corrected chi connectivity index (χ1v) is 5.87. The summed E-state index contributed by atoms with van der Waals surface area (Å²) in [6.07, 6.45) is 3.70. The molecule has 1 saturated heterocycles. The van der Waals surface area contributed by atoms with E-state index in [4.69, 9.17) is 0 Å². The molecule has 0 aliphatic carbocycles. The first kappa shape index (κ1) is 11.3. The molecule has 1 fully saturated rings. The van der Waals surface area contributed by atoms with Gasteiger partial charge in [-0.15, -0.1) is 0 Å². The molecule has 0 aromatic carbocycles. The first-order chi connectivity index (χ1) is 6.06. The molecule has 0 radical (unpaired) electrons. The van der Waals surface area contributed by atoms with Crippen molar-refractivity contribution in [3.8, 4) is 0 Å². The fourth-order valence-electron chi connectivity index (χ4n) is 1.90. The molecule has 0 amide bonds. The molecule has 0 spiro atoms. The van der Waals surface area contributed by atoms with Crippen molar-refractivity contribution in [1.29, 1.82) is 0 Å². The molecule has 4 heteroatoms. The van der Waals surface area contributed by atoms with Gasteiger partial charge in [-0.25, -0.2) is 8.70 Å². The van der Waals surface area contributed by atoms with Crippen LogP contribution in [-0.2, 0) is 0 Å². The fourth-order valence-corrected chi connectivity index (χ4v) is 2.57. The Balaban J connectivity index is 2.47. The van der Waals surface area contributed by atoms with Crippen LogP contribution in [0.3, 0.4) is 0 Å². The third-order valence-corrected chi connectivity index (χ3v) is 3.18. The highest BCUT2D eigenvalue weighted by Gasteiger charge is 2.35. The van der Waals surface area contributed by atoms with Crippen LogP contribution < -0.4 is 0 Å². The summed E-state index contributed by atoms with van der Waals surface area (Å²) in [6.45, 7) is 2.15. The van der Waals surface area contributed by atoms with E-state index in [1.54, 1.807) is 11.9 Å². The lowest BCUT2D eigenvalue weighted by Gasteiger charge is -2.37. The van der Waals surface area contributed by atoms with Crippen LogP contribution in [0.15, 0.2) is 0 Å². The highest BCUT2D eigenvalue weighted by molar-refractivity contribution is 7.96. The summed E-state index contributed by atoms with van der Waals surface area (Å²) in [5.74, 6) is 0. The van der Waals surface area contributed by atoms with Gasteiger partial charge in [-0.05, 0) is 33.2 Å². The predicted octanol–water partition coefficient (Wildman–Crippen LogP) is 1.63. The molecule has 0 aromatic heterocycles. The van der Waals surface area contributed by atoms with Crippen LogP contribution in [-0.4, -0.2) is 54.9 Å². The third kappa shape index (κ3) is 3.44. The molecule has 0 saturated carbocycles. The Morgan fingerprint density at radius 3 is 2.77 bits per heavy atom. The maximum Gasteiger partial charge on any atom is 0.137 e. The Labute approximate surface area is 84.6 Å². The van der Waals surface area contributed by atoms with Crippen LogP contribution in [0.5, 0.6) is 0 Å². The largest absolute Gasteiger partial charge is 0.306 e. The molecule has 13 heavy (non-hydrogen) atoms. The van der Waals surface area contributed by atoms with Crippen molar-refractivity contribution in [2.24, 2.45) is 0 Å². The highest BCUT2D eigenvalue weighted by Crippen LogP contribution is 2.28. The molecule has 0 N–H and O–H groups in total. The number of hydrogen-bond donors (Lipinski definition) is 0. The lowest BCUT2D eigenvalue weighted by atomic mass is 9.96. The second-order valence-electron chi connectivity index (χ2n) is 4.04. The van der Waals surface area contributed by atoms with E-state index in [-0.39, 0.29) is 0 Å². The minimum absolute atomic E-state index is 0.546. The average molecular weight is 206 g/mol. The van der Waals surface area contributed by atoms with Gasteiger partial charge < -0.3 is 4.90 Å². The quantitative estimate of drug-likeness (QED) is 0.648. The van der Waals surface area contributed by atoms with Crippen molar-refractivity contribution in [2.45, 2.75) is 18.5 Å². The summed E-state index contributed by atoms with van der Waals surface area (Å²) in [5, 5.41) is 0. The van der Waals surface area contributed by atoms with Crippen LogP contribution in [0.4, 0.5) is 4.39 Å². The van der Waals surface area contributed by atoms with Crippen LogP contribution in [0.25, 0.3) is 0 Å². The number of nitrogens with zero attached hydrogens (tertiary/aromatic N) is 2. The highest BCUT2D eigenvalue weighted by atomic mass is 32.2. The fraction of sp³-hybridized carbons (Fsp3) is 1.00. The lowest BCUT2D eigenvalue weighted by Crippen LogP contribution is -2.48. The summed E-state index contributed by atoms with van der Waals surface area (Å²) in [7, 11) is 3.86. The van der Waals surface area contributed by atoms with E-state index < -0.39 is 5.67 Å². The molecular weight excluding hydrogens is 187 g/mol. The van der Waals surface area contributed by atoms with Gasteiger partial charge in [0.2, 0.25) is 0 Å². The van der Waals surface area contributed by atoms with E-state index in [2.05, 4.69) is 4.31 Å². The van der Waals surface area contributed by atoms with Gasteiger partial charge in [0.1, 0.15) is 5.67 Å². The van der Waals surface area contributed by atoms with Crippen molar-refractivity contribution < 1.29 is 4.39 Å². The van der Waals surface area contributed by atoms with Gasteiger partial charge in [0, 0.05) is 19.6 Å². The van der Waals surface area contributed by atoms with Crippen molar-refractivity contribution in [1.82, 2.24) is 9.21 Å². The molecule has 1 rings (SSSR count). The summed E-state index contributed by atoms with van der Waals surface area (Å²) in [5.41, 5.74) is -0.995. The van der Waals surface area contributed by atoms with Gasteiger partial charge in [-0.3, -0.25) is 0 Å². The Morgan fingerprint density at radius 2 is 2.23 bits per heavy atom. The van der Waals surface area contributed by atoms with Crippen molar-refractivity contribution in [2.75, 3.05) is 40.0 Å². The molecule has 1 atom stereocenters. The third-order valence-electron chi connectivity index (χ3n) is 2.35. The maximum atomic E-state index is 14.2. The SMILES string of the molecule is CSN1CCC[C@](F)(CN(C)C)C1. The summed E-state index contributed by atoms with van der Waals surface area (Å²) >= 11 is 1.65. The summed E-state index contributed by atoms with van der Waals surface area (Å²) < 4.78 is 16.3. The summed E-state index contributed by atoms with van der Waals surface area (Å²) in [6, 6.07) is 0. The summed E-state index contributed by atoms with van der Waals surface area (Å²) in [4.78, 5) is 1.93. The number of rotatable bonds is 3. The number of halogens is 1.